The van der Waals surface area contributed by atoms with Crippen LogP contribution in [0, 0.1) is 5.82 Å². The maximum Gasteiger partial charge on any atom is 0.128 e. The number of halogens is 1. The van der Waals surface area contributed by atoms with E-state index in [1.165, 1.54) is 6.07 Å². The lowest BCUT2D eigenvalue weighted by molar-refractivity contribution is 0.585. The molecule has 0 radical (unpaired) electrons. The SMILES string of the molecule is CCCNc1cc(N(C)C(C)c2ccccc2F)ccn1. The number of benzene rings is 1. The van der Waals surface area contributed by atoms with E-state index in [1.807, 2.05) is 38.2 Å². The molecule has 0 aliphatic rings. The Kier molecular flexibility index (Phi) is 5.14. The van der Waals surface area contributed by atoms with Crippen LogP contribution in [0.5, 0.6) is 0 Å². The van der Waals surface area contributed by atoms with Gasteiger partial charge >= 0.3 is 0 Å². The van der Waals surface area contributed by atoms with Crippen LogP contribution in [0.4, 0.5) is 15.9 Å². The Morgan fingerprint density at radius 3 is 2.76 bits per heavy atom. The molecule has 0 aliphatic heterocycles. The van der Waals surface area contributed by atoms with Gasteiger partial charge in [-0.1, -0.05) is 25.1 Å². The molecule has 0 spiro atoms. The van der Waals surface area contributed by atoms with Gasteiger partial charge in [0.25, 0.3) is 0 Å². The van der Waals surface area contributed by atoms with Crippen LogP contribution < -0.4 is 10.2 Å². The predicted molar refractivity (Wildman–Crippen MR) is 86.2 cm³/mol. The highest BCUT2D eigenvalue weighted by Crippen LogP contribution is 2.27. The first-order chi connectivity index (χ1) is 10.1. The van der Waals surface area contributed by atoms with Gasteiger partial charge in [0, 0.05) is 37.1 Å². The van der Waals surface area contributed by atoms with Crippen molar-refractivity contribution in [2.45, 2.75) is 26.3 Å². The molecule has 3 nitrogen and oxygen atoms in total. The fraction of sp³-hybridized carbons (Fsp3) is 0.353. The molecule has 2 rings (SSSR count). The average molecular weight is 287 g/mol. The summed E-state index contributed by atoms with van der Waals surface area (Å²) in [5.74, 6) is 0.678. The van der Waals surface area contributed by atoms with E-state index in [-0.39, 0.29) is 11.9 Å². The maximum atomic E-state index is 13.9. The van der Waals surface area contributed by atoms with Crippen LogP contribution >= 0.6 is 0 Å². The van der Waals surface area contributed by atoms with Crippen LogP contribution in [0.25, 0.3) is 0 Å². The van der Waals surface area contributed by atoms with E-state index in [4.69, 9.17) is 0 Å². The van der Waals surface area contributed by atoms with E-state index < -0.39 is 0 Å². The molecular weight excluding hydrogens is 265 g/mol. The number of aromatic nitrogens is 1. The standard InChI is InChI=1S/C17H22FN3/c1-4-10-19-17-12-14(9-11-20-17)21(3)13(2)15-7-5-6-8-16(15)18/h5-9,11-13H,4,10H2,1-3H3,(H,19,20). The van der Waals surface area contributed by atoms with E-state index in [9.17, 15) is 4.39 Å². The minimum Gasteiger partial charge on any atom is -0.370 e. The topological polar surface area (TPSA) is 28.2 Å². The fourth-order valence-corrected chi connectivity index (χ4v) is 2.23. The minimum atomic E-state index is -0.171. The summed E-state index contributed by atoms with van der Waals surface area (Å²) in [5.41, 5.74) is 1.71. The molecule has 21 heavy (non-hydrogen) atoms. The van der Waals surface area contributed by atoms with Gasteiger partial charge in [-0.3, -0.25) is 0 Å². The quantitative estimate of drug-likeness (QED) is 0.861. The van der Waals surface area contributed by atoms with Gasteiger partial charge in [0.05, 0.1) is 6.04 Å². The van der Waals surface area contributed by atoms with Crippen molar-refractivity contribution in [1.29, 1.82) is 0 Å². The molecule has 1 unspecified atom stereocenters. The summed E-state index contributed by atoms with van der Waals surface area (Å²) in [7, 11) is 1.97. The normalized spacial score (nSPS) is 12.0. The second-order valence-electron chi connectivity index (χ2n) is 5.13. The first-order valence-electron chi connectivity index (χ1n) is 7.30. The molecule has 1 atom stereocenters. The number of pyridine rings is 1. The summed E-state index contributed by atoms with van der Waals surface area (Å²) in [6.07, 6.45) is 2.82. The van der Waals surface area contributed by atoms with Crippen molar-refractivity contribution in [2.75, 3.05) is 23.8 Å². The monoisotopic (exact) mass is 287 g/mol. The van der Waals surface area contributed by atoms with E-state index in [2.05, 4.69) is 22.1 Å². The highest BCUT2D eigenvalue weighted by Gasteiger charge is 2.16. The lowest BCUT2D eigenvalue weighted by Crippen LogP contribution is -2.22. The summed E-state index contributed by atoms with van der Waals surface area (Å²) in [5, 5.41) is 3.27. The molecule has 0 amide bonds. The summed E-state index contributed by atoms with van der Waals surface area (Å²) in [6, 6.07) is 10.8. The van der Waals surface area contributed by atoms with Crippen LogP contribution in [0.2, 0.25) is 0 Å². The second-order valence-corrected chi connectivity index (χ2v) is 5.13. The van der Waals surface area contributed by atoms with Crippen molar-refractivity contribution in [2.24, 2.45) is 0 Å². The molecule has 2 aromatic rings. The smallest absolute Gasteiger partial charge is 0.128 e. The highest BCUT2D eigenvalue weighted by atomic mass is 19.1. The first kappa shape index (κ1) is 15.3. The number of hydrogen-bond acceptors (Lipinski definition) is 3. The number of rotatable bonds is 6. The molecule has 1 N–H and O–H groups in total. The molecule has 0 aliphatic carbocycles. The molecule has 1 aromatic carbocycles. The van der Waals surface area contributed by atoms with E-state index in [0.29, 0.717) is 5.56 Å². The van der Waals surface area contributed by atoms with Crippen molar-refractivity contribution in [3.63, 3.8) is 0 Å². The van der Waals surface area contributed by atoms with Crippen molar-refractivity contribution in [3.8, 4) is 0 Å². The molecule has 4 heteroatoms. The third-order valence-electron chi connectivity index (χ3n) is 3.64. The van der Waals surface area contributed by atoms with Crippen molar-refractivity contribution in [1.82, 2.24) is 4.98 Å². The summed E-state index contributed by atoms with van der Waals surface area (Å²) in [6.45, 7) is 5.00. The molecule has 112 valence electrons. The maximum absolute atomic E-state index is 13.9. The summed E-state index contributed by atoms with van der Waals surface area (Å²) in [4.78, 5) is 6.35. The van der Waals surface area contributed by atoms with Crippen LogP contribution in [0.15, 0.2) is 42.6 Å². The Balaban J connectivity index is 2.19. The summed E-state index contributed by atoms with van der Waals surface area (Å²) >= 11 is 0. The van der Waals surface area contributed by atoms with Crippen LogP contribution in [-0.4, -0.2) is 18.6 Å². The van der Waals surface area contributed by atoms with Gasteiger partial charge in [-0.15, -0.1) is 0 Å². The number of anilines is 2. The Bertz CT molecular complexity index is 586. The Morgan fingerprint density at radius 1 is 1.29 bits per heavy atom. The van der Waals surface area contributed by atoms with Gasteiger partial charge in [-0.25, -0.2) is 9.37 Å². The molecular formula is C17H22FN3. The van der Waals surface area contributed by atoms with Gasteiger partial charge in [-0.05, 0) is 25.5 Å². The largest absolute Gasteiger partial charge is 0.370 e. The van der Waals surface area contributed by atoms with Crippen LogP contribution in [0.3, 0.4) is 0 Å². The zero-order chi connectivity index (χ0) is 15.2. The Labute approximate surface area is 125 Å². The lowest BCUT2D eigenvalue weighted by Gasteiger charge is -2.28. The predicted octanol–water partition coefficient (Wildman–Crippen LogP) is 4.24. The molecule has 0 bridgehead atoms. The zero-order valence-corrected chi connectivity index (χ0v) is 12.8. The molecule has 0 fully saturated rings. The number of nitrogens with zero attached hydrogens (tertiary/aromatic N) is 2. The average Bonchev–Trinajstić information content (AvgIpc) is 2.52. The van der Waals surface area contributed by atoms with Gasteiger partial charge in [0.15, 0.2) is 0 Å². The third kappa shape index (κ3) is 3.72. The van der Waals surface area contributed by atoms with Crippen molar-refractivity contribution in [3.05, 3.63) is 54.0 Å². The third-order valence-corrected chi connectivity index (χ3v) is 3.64. The van der Waals surface area contributed by atoms with Crippen LogP contribution in [-0.2, 0) is 0 Å². The Hall–Kier alpha value is -2.10. The number of nitrogens with one attached hydrogen (secondary N) is 1. The van der Waals surface area contributed by atoms with Gasteiger partial charge in [0.2, 0.25) is 0 Å². The number of hydrogen-bond donors (Lipinski definition) is 1. The minimum absolute atomic E-state index is 0.0485. The molecule has 1 heterocycles. The summed E-state index contributed by atoms with van der Waals surface area (Å²) < 4.78 is 13.9. The fourth-order valence-electron chi connectivity index (χ4n) is 2.23. The second kappa shape index (κ2) is 7.07. The van der Waals surface area contributed by atoms with Crippen molar-refractivity contribution >= 4 is 11.5 Å². The molecule has 0 saturated heterocycles. The zero-order valence-electron chi connectivity index (χ0n) is 12.8. The lowest BCUT2D eigenvalue weighted by atomic mass is 10.1. The van der Waals surface area contributed by atoms with Crippen LogP contribution in [0.1, 0.15) is 31.9 Å². The van der Waals surface area contributed by atoms with Gasteiger partial charge < -0.3 is 10.2 Å². The molecule has 0 saturated carbocycles. The van der Waals surface area contributed by atoms with E-state index in [1.54, 1.807) is 12.3 Å². The van der Waals surface area contributed by atoms with E-state index in [0.717, 1.165) is 24.5 Å². The van der Waals surface area contributed by atoms with Gasteiger partial charge in [-0.2, -0.15) is 0 Å². The highest BCUT2D eigenvalue weighted by molar-refractivity contribution is 5.54. The van der Waals surface area contributed by atoms with Crippen molar-refractivity contribution < 1.29 is 4.39 Å². The first-order valence-corrected chi connectivity index (χ1v) is 7.30. The molecule has 1 aromatic heterocycles. The Morgan fingerprint density at radius 2 is 2.05 bits per heavy atom. The van der Waals surface area contributed by atoms with Gasteiger partial charge in [0.1, 0.15) is 11.6 Å². The van der Waals surface area contributed by atoms with E-state index >= 15 is 0 Å².